The van der Waals surface area contributed by atoms with Gasteiger partial charge in [0.1, 0.15) is 0 Å². The van der Waals surface area contributed by atoms with E-state index in [1.54, 1.807) is 13.8 Å². The number of terminal acetylenes is 1. The van der Waals surface area contributed by atoms with Crippen LogP contribution in [0.1, 0.15) is 20.3 Å². The molecule has 0 unspecified atom stereocenters. The molecule has 0 N–H and O–H groups in total. The fourth-order valence-corrected chi connectivity index (χ4v) is 3.55. The lowest BCUT2D eigenvalue weighted by Gasteiger charge is -2.22. The van der Waals surface area contributed by atoms with Gasteiger partial charge in [0.15, 0.2) is 6.04 Å². The van der Waals surface area contributed by atoms with E-state index in [0.29, 0.717) is 36.8 Å². The molecule has 32 heavy (non-hydrogen) atoms. The zero-order valence-electron chi connectivity index (χ0n) is 18.7. The molecule has 0 aliphatic rings. The molecule has 0 bridgehead atoms. The first-order valence-corrected chi connectivity index (χ1v) is 11.3. The smallest absolute Gasteiger partial charge is 0.309 e. The summed E-state index contributed by atoms with van der Waals surface area (Å²) < 4.78 is 23.4. The quantitative estimate of drug-likeness (QED) is 0.330. The third-order valence-electron chi connectivity index (χ3n) is 3.11. The molecule has 0 atom stereocenters. The number of quaternary nitrogens is 1. The summed E-state index contributed by atoms with van der Waals surface area (Å²) in [6, 6.07) is 3.03. The molecule has 0 radical (unpaired) electrons. The van der Waals surface area contributed by atoms with Crippen molar-refractivity contribution in [2.75, 3.05) is 40.0 Å². The van der Waals surface area contributed by atoms with Gasteiger partial charge in [0.25, 0.3) is 0 Å². The van der Waals surface area contributed by atoms with E-state index in [0.717, 1.165) is 0 Å². The molecule has 4 nitrogen and oxygen atoms in total. The summed E-state index contributed by atoms with van der Waals surface area (Å²) in [6.45, 7) is 4.99. The maximum Gasteiger partial charge on any atom is 0.330 e. The summed E-state index contributed by atoms with van der Waals surface area (Å²) in [7, 11) is 0.861. The highest BCUT2D eigenvalue weighted by atomic mass is 31.2. The van der Waals surface area contributed by atoms with Crippen molar-refractivity contribution in [3.8, 4) is 107 Å². The van der Waals surface area contributed by atoms with Crippen LogP contribution in [0.15, 0.2) is 0 Å². The van der Waals surface area contributed by atoms with Crippen molar-refractivity contribution in [1.82, 2.24) is 0 Å². The summed E-state index contributed by atoms with van der Waals surface area (Å²) >= 11 is 0. The third-order valence-corrected chi connectivity index (χ3v) is 5.27. The first-order chi connectivity index (χ1) is 15.4. The minimum atomic E-state index is -3.02. The largest absolute Gasteiger partial charge is 0.330 e. The summed E-state index contributed by atoms with van der Waals surface area (Å²) in [5.41, 5.74) is 0. The Labute approximate surface area is 193 Å². The highest BCUT2D eigenvalue weighted by Gasteiger charge is 2.24. The molecule has 0 spiro atoms. The minimum Gasteiger partial charge on any atom is -0.309 e. The topological polar surface area (TPSA) is 35.5 Å². The van der Waals surface area contributed by atoms with E-state index >= 15 is 0 Å². The second kappa shape index (κ2) is 18.0. The molecule has 158 valence electrons. The van der Waals surface area contributed by atoms with Crippen molar-refractivity contribution in [2.45, 2.75) is 20.3 Å². The highest BCUT2D eigenvalue weighted by molar-refractivity contribution is 7.53. The molecule has 0 fully saturated rings. The first kappa shape index (κ1) is 28.1. The second-order valence-corrected chi connectivity index (χ2v) is 8.25. The Morgan fingerprint density at radius 2 is 1.06 bits per heavy atom. The Hall–Kier alpha value is -3.85. The molecule has 0 aliphatic carbocycles. The lowest BCUT2D eigenvalue weighted by molar-refractivity contribution is -0.822. The molecule has 0 amide bonds. The maximum absolute atomic E-state index is 12.5. The highest BCUT2D eigenvalue weighted by Crippen LogP contribution is 2.48. The van der Waals surface area contributed by atoms with Gasteiger partial charge in [-0.15, -0.1) is 6.42 Å². The van der Waals surface area contributed by atoms with Gasteiger partial charge in [0, 0.05) is 47.9 Å². The fourth-order valence-electron chi connectivity index (χ4n) is 1.90. The van der Waals surface area contributed by atoms with Gasteiger partial charge in [-0.25, -0.2) is 0 Å². The maximum atomic E-state index is 12.5. The van der Waals surface area contributed by atoms with Crippen LogP contribution in [0.2, 0.25) is 0 Å². The molecule has 0 aromatic heterocycles. The predicted molar refractivity (Wildman–Crippen MR) is 128 cm³/mol. The van der Waals surface area contributed by atoms with Gasteiger partial charge in [-0.05, 0) is 61.2 Å². The van der Waals surface area contributed by atoms with Crippen LogP contribution in [0.5, 0.6) is 0 Å². The van der Waals surface area contributed by atoms with Crippen LogP contribution in [-0.4, -0.2) is 44.5 Å². The second-order valence-electron chi connectivity index (χ2n) is 6.06. The summed E-state index contributed by atoms with van der Waals surface area (Å²) in [5, 5.41) is 0. The fraction of sp³-hybridized carbons (Fsp3) is 0.333. The molecule has 0 aromatic carbocycles. The molecule has 0 aromatic rings. The van der Waals surface area contributed by atoms with E-state index in [9.17, 15) is 4.57 Å². The van der Waals surface area contributed by atoms with Gasteiger partial charge in [-0.2, -0.15) is 0 Å². The number of nitrogens with zero attached hydrogens (tertiary/aromatic N) is 1. The van der Waals surface area contributed by atoms with Crippen molar-refractivity contribution in [1.29, 1.82) is 0 Å². The van der Waals surface area contributed by atoms with Crippen molar-refractivity contribution < 1.29 is 18.1 Å². The first-order valence-electron chi connectivity index (χ1n) is 9.58. The lowest BCUT2D eigenvalue weighted by Crippen LogP contribution is -2.35. The minimum absolute atomic E-state index is 0.358. The summed E-state index contributed by atoms with van der Waals surface area (Å²) in [6.07, 6.45) is 5.95. The number of hydrogen-bond donors (Lipinski definition) is 0. The van der Waals surface area contributed by atoms with Crippen molar-refractivity contribution in [3.63, 3.8) is 0 Å². The summed E-state index contributed by atoms with van der Waals surface area (Å²) in [4.78, 5) is 0. The predicted octanol–water partition coefficient (Wildman–Crippen LogP) is 2.34. The molecule has 0 rings (SSSR count). The van der Waals surface area contributed by atoms with E-state index in [1.807, 2.05) is 14.1 Å². The molecule has 0 heterocycles. The molecule has 5 heteroatoms. The Morgan fingerprint density at radius 1 is 0.688 bits per heavy atom. The normalized spacial score (nSPS) is 8.22. The SMILES string of the molecule is C#CC#CC#CC#CC#CC#CC#CC#CC#C[N+](C)(C)CCCP(=O)(OCC)OCC. The van der Waals surface area contributed by atoms with E-state index in [2.05, 4.69) is 101 Å². The van der Waals surface area contributed by atoms with Gasteiger partial charge in [-0.3, -0.25) is 9.05 Å². The van der Waals surface area contributed by atoms with Crippen LogP contribution < -0.4 is 0 Å². The Kier molecular flexibility index (Phi) is 15.8. The Morgan fingerprint density at radius 3 is 1.44 bits per heavy atom. The van der Waals surface area contributed by atoms with Gasteiger partial charge >= 0.3 is 7.60 Å². The lowest BCUT2D eigenvalue weighted by atomic mass is 10.4. The van der Waals surface area contributed by atoms with Crippen molar-refractivity contribution in [2.24, 2.45) is 0 Å². The van der Waals surface area contributed by atoms with Crippen molar-refractivity contribution >= 4 is 7.60 Å². The van der Waals surface area contributed by atoms with E-state index in [1.165, 1.54) is 0 Å². The van der Waals surface area contributed by atoms with E-state index in [-0.39, 0.29) is 0 Å². The average Bonchev–Trinajstić information content (AvgIpc) is 2.73. The monoisotopic (exact) mass is 440 g/mol. The average molecular weight is 440 g/mol. The van der Waals surface area contributed by atoms with Crippen LogP contribution in [0.3, 0.4) is 0 Å². The van der Waals surface area contributed by atoms with Crippen LogP contribution in [0.4, 0.5) is 0 Å². The Bertz CT molecular complexity index is 1230. The van der Waals surface area contributed by atoms with Gasteiger partial charge in [0.2, 0.25) is 0 Å². The van der Waals surface area contributed by atoms with Gasteiger partial charge in [-0.1, -0.05) is 0 Å². The van der Waals surface area contributed by atoms with Gasteiger partial charge < -0.3 is 9.05 Å². The van der Waals surface area contributed by atoms with Crippen LogP contribution in [0.25, 0.3) is 0 Å². The van der Waals surface area contributed by atoms with Crippen LogP contribution in [-0.2, 0) is 13.6 Å². The van der Waals surface area contributed by atoms with E-state index in [4.69, 9.17) is 15.5 Å². The number of hydrogen-bond acceptors (Lipinski definition) is 3. The molecule has 0 saturated heterocycles. The van der Waals surface area contributed by atoms with Crippen molar-refractivity contribution in [3.05, 3.63) is 0 Å². The van der Waals surface area contributed by atoms with Gasteiger partial charge in [0.05, 0.1) is 45.9 Å². The van der Waals surface area contributed by atoms with Crippen LogP contribution in [0, 0.1) is 107 Å². The Balaban J connectivity index is 4.61. The molecule has 0 saturated carbocycles. The summed E-state index contributed by atoms with van der Waals surface area (Å²) in [5.74, 6) is 40.0. The molecule has 0 aliphatic heterocycles. The molecular weight excluding hydrogens is 417 g/mol. The zero-order valence-corrected chi connectivity index (χ0v) is 19.6. The third kappa shape index (κ3) is 17.0. The number of rotatable bonds is 8. The van der Waals surface area contributed by atoms with Crippen LogP contribution >= 0.6 is 7.60 Å². The molecular formula is C27H23NO3P+. The zero-order chi connectivity index (χ0) is 24.0. The standard InChI is InChI=1S/C27H23NO3P/c1-6-9-10-11-12-13-14-15-16-17-18-19-20-21-22-23-25-28(4,5)26-24-27-32(29,30-7-2)31-8-3/h1H,7-8,24,26-27H2,2-5H3/q+1. The van der Waals surface area contributed by atoms with E-state index < -0.39 is 7.60 Å².